The van der Waals surface area contributed by atoms with Crippen molar-refractivity contribution in [3.05, 3.63) is 23.3 Å². The highest BCUT2D eigenvalue weighted by Crippen LogP contribution is 2.34. The molecule has 0 aliphatic carbocycles. The van der Waals surface area contributed by atoms with Crippen LogP contribution in [0.1, 0.15) is 56.5 Å². The summed E-state index contributed by atoms with van der Waals surface area (Å²) in [6.07, 6.45) is 0.655. The molecule has 3 nitrogen and oxygen atoms in total. The average molecular weight is 236 g/mol. The number of phenols is 1. The van der Waals surface area contributed by atoms with E-state index in [4.69, 9.17) is 4.74 Å². The van der Waals surface area contributed by atoms with Gasteiger partial charge in [0.15, 0.2) is 6.29 Å². The summed E-state index contributed by atoms with van der Waals surface area (Å²) in [6.45, 7) is 9.89. The van der Waals surface area contributed by atoms with Gasteiger partial charge >= 0.3 is 0 Å². The molecule has 0 saturated heterocycles. The lowest BCUT2D eigenvalue weighted by Crippen LogP contribution is -2.23. The molecule has 1 aromatic rings. The third-order valence-corrected chi connectivity index (χ3v) is 2.32. The van der Waals surface area contributed by atoms with E-state index in [0.29, 0.717) is 17.6 Å². The quantitative estimate of drug-likeness (QED) is 0.817. The summed E-state index contributed by atoms with van der Waals surface area (Å²) >= 11 is 0. The van der Waals surface area contributed by atoms with E-state index in [0.717, 1.165) is 5.56 Å². The molecule has 0 fully saturated rings. The molecule has 17 heavy (non-hydrogen) atoms. The summed E-state index contributed by atoms with van der Waals surface area (Å²) in [4.78, 5) is 10.8. The number of aldehydes is 1. The molecule has 1 aromatic carbocycles. The molecule has 94 valence electrons. The fraction of sp³-hybridized carbons (Fsp3) is 0.500. The van der Waals surface area contributed by atoms with Gasteiger partial charge in [0.25, 0.3) is 0 Å². The number of hydrogen-bond acceptors (Lipinski definition) is 3. The van der Waals surface area contributed by atoms with E-state index in [2.05, 4.69) is 0 Å². The number of carbonyl (C=O) groups is 1. The van der Waals surface area contributed by atoms with Gasteiger partial charge in [-0.25, -0.2) is 0 Å². The molecule has 0 bridgehead atoms. The summed E-state index contributed by atoms with van der Waals surface area (Å²) in [6, 6.07) is 3.21. The molecule has 0 spiro atoms. The van der Waals surface area contributed by atoms with E-state index in [-0.39, 0.29) is 17.3 Å². The summed E-state index contributed by atoms with van der Waals surface area (Å²) < 4.78 is 5.80. The molecule has 0 aromatic heterocycles. The van der Waals surface area contributed by atoms with Gasteiger partial charge in [-0.1, -0.05) is 13.8 Å². The van der Waals surface area contributed by atoms with Crippen molar-refractivity contribution < 1.29 is 14.6 Å². The Morgan fingerprint density at radius 1 is 1.29 bits per heavy atom. The van der Waals surface area contributed by atoms with Crippen molar-refractivity contribution in [1.82, 2.24) is 0 Å². The Balaban J connectivity index is 3.28. The van der Waals surface area contributed by atoms with E-state index in [1.165, 1.54) is 6.07 Å². The maximum Gasteiger partial charge on any atom is 0.153 e. The Morgan fingerprint density at radius 2 is 1.88 bits per heavy atom. The number of ether oxygens (including phenoxy) is 1. The normalized spacial score (nSPS) is 11.6. The zero-order chi connectivity index (χ0) is 13.2. The van der Waals surface area contributed by atoms with Gasteiger partial charge in [0.1, 0.15) is 17.1 Å². The maximum absolute atomic E-state index is 10.8. The summed E-state index contributed by atoms with van der Waals surface area (Å²) in [5, 5.41) is 9.68. The fourth-order valence-electron chi connectivity index (χ4n) is 1.57. The van der Waals surface area contributed by atoms with Gasteiger partial charge in [0.2, 0.25) is 0 Å². The topological polar surface area (TPSA) is 46.5 Å². The summed E-state index contributed by atoms with van der Waals surface area (Å²) in [5.41, 5.74) is 0.897. The number of benzene rings is 1. The summed E-state index contributed by atoms with van der Waals surface area (Å²) in [5.74, 6) is 0.825. The van der Waals surface area contributed by atoms with Crippen LogP contribution in [0.5, 0.6) is 11.5 Å². The molecule has 3 heteroatoms. The minimum absolute atomic E-state index is 0.0383. The number of aromatic hydroxyl groups is 1. The summed E-state index contributed by atoms with van der Waals surface area (Å²) in [7, 11) is 0. The Bertz CT molecular complexity index is 414. The van der Waals surface area contributed by atoms with Gasteiger partial charge in [-0.15, -0.1) is 0 Å². The molecular formula is C14H20O3. The molecule has 0 atom stereocenters. The van der Waals surface area contributed by atoms with E-state index in [1.807, 2.05) is 34.6 Å². The minimum Gasteiger partial charge on any atom is -0.507 e. The van der Waals surface area contributed by atoms with Crippen LogP contribution in [0, 0.1) is 0 Å². The smallest absolute Gasteiger partial charge is 0.153 e. The third kappa shape index (κ3) is 3.48. The average Bonchev–Trinajstić information content (AvgIpc) is 2.14. The van der Waals surface area contributed by atoms with Gasteiger partial charge in [-0.3, -0.25) is 4.79 Å². The van der Waals surface area contributed by atoms with Crippen LogP contribution < -0.4 is 4.74 Å². The largest absolute Gasteiger partial charge is 0.507 e. The van der Waals surface area contributed by atoms with Crippen LogP contribution in [-0.2, 0) is 0 Å². The SMILES string of the molecule is CC(C)c1cc(C=O)c(O)cc1OC(C)(C)C. The molecule has 0 amide bonds. The number of carbonyl (C=O) groups excluding carboxylic acids is 1. The van der Waals surface area contributed by atoms with Crippen molar-refractivity contribution in [1.29, 1.82) is 0 Å². The lowest BCUT2D eigenvalue weighted by atomic mass is 9.99. The third-order valence-electron chi connectivity index (χ3n) is 2.32. The second kappa shape index (κ2) is 4.78. The Morgan fingerprint density at radius 3 is 2.29 bits per heavy atom. The van der Waals surface area contributed by atoms with E-state index in [9.17, 15) is 9.90 Å². The number of hydrogen-bond donors (Lipinski definition) is 1. The molecule has 0 unspecified atom stereocenters. The van der Waals surface area contributed by atoms with E-state index >= 15 is 0 Å². The number of rotatable bonds is 3. The molecule has 0 heterocycles. The maximum atomic E-state index is 10.8. The Hall–Kier alpha value is -1.51. The number of phenolic OH excluding ortho intramolecular Hbond substituents is 1. The highest BCUT2D eigenvalue weighted by Gasteiger charge is 2.18. The van der Waals surface area contributed by atoms with Gasteiger partial charge < -0.3 is 9.84 Å². The predicted octanol–water partition coefficient (Wildman–Crippen LogP) is 3.51. The standard InChI is InChI=1S/C14H20O3/c1-9(2)11-6-10(8-15)12(16)7-13(11)17-14(3,4)5/h6-9,16H,1-5H3. The first-order chi connectivity index (χ1) is 7.74. The predicted molar refractivity (Wildman–Crippen MR) is 68.0 cm³/mol. The van der Waals surface area contributed by atoms with Crippen LogP contribution in [-0.4, -0.2) is 17.0 Å². The highest BCUT2D eigenvalue weighted by molar-refractivity contribution is 5.80. The van der Waals surface area contributed by atoms with E-state index < -0.39 is 0 Å². The lowest BCUT2D eigenvalue weighted by Gasteiger charge is -2.24. The Kier molecular flexibility index (Phi) is 3.81. The molecule has 1 rings (SSSR count). The van der Waals surface area contributed by atoms with Crippen molar-refractivity contribution in [2.24, 2.45) is 0 Å². The second-order valence-corrected chi connectivity index (χ2v) is 5.44. The van der Waals surface area contributed by atoms with Crippen LogP contribution >= 0.6 is 0 Å². The van der Waals surface area contributed by atoms with Crippen LogP contribution in [0.3, 0.4) is 0 Å². The molecule has 0 aliphatic rings. The zero-order valence-electron chi connectivity index (χ0n) is 11.1. The van der Waals surface area contributed by atoms with Crippen molar-refractivity contribution in [2.75, 3.05) is 0 Å². The lowest BCUT2D eigenvalue weighted by molar-refractivity contribution is 0.112. The highest BCUT2D eigenvalue weighted by atomic mass is 16.5. The molecule has 0 saturated carbocycles. The van der Waals surface area contributed by atoms with E-state index in [1.54, 1.807) is 6.07 Å². The van der Waals surface area contributed by atoms with Crippen molar-refractivity contribution in [2.45, 2.75) is 46.1 Å². The van der Waals surface area contributed by atoms with Gasteiger partial charge in [-0.2, -0.15) is 0 Å². The Labute approximate surface area is 102 Å². The van der Waals surface area contributed by atoms with Crippen molar-refractivity contribution in [3.8, 4) is 11.5 Å². The van der Waals surface area contributed by atoms with Crippen LogP contribution in [0.4, 0.5) is 0 Å². The van der Waals surface area contributed by atoms with Crippen LogP contribution in [0.15, 0.2) is 12.1 Å². The van der Waals surface area contributed by atoms with Crippen LogP contribution in [0.2, 0.25) is 0 Å². The fourth-order valence-corrected chi connectivity index (χ4v) is 1.57. The van der Waals surface area contributed by atoms with Gasteiger partial charge in [-0.05, 0) is 38.3 Å². The molecule has 0 aliphatic heterocycles. The minimum atomic E-state index is -0.335. The van der Waals surface area contributed by atoms with Gasteiger partial charge in [0, 0.05) is 6.07 Å². The van der Waals surface area contributed by atoms with Crippen molar-refractivity contribution >= 4 is 6.29 Å². The monoisotopic (exact) mass is 236 g/mol. The first-order valence-corrected chi connectivity index (χ1v) is 5.75. The molecule has 1 N–H and O–H groups in total. The van der Waals surface area contributed by atoms with Gasteiger partial charge in [0.05, 0.1) is 5.56 Å². The zero-order valence-corrected chi connectivity index (χ0v) is 11.1. The molecule has 0 radical (unpaired) electrons. The first kappa shape index (κ1) is 13.6. The second-order valence-electron chi connectivity index (χ2n) is 5.44. The van der Waals surface area contributed by atoms with Crippen molar-refractivity contribution in [3.63, 3.8) is 0 Å². The molecular weight excluding hydrogens is 216 g/mol. The first-order valence-electron chi connectivity index (χ1n) is 5.75. The van der Waals surface area contributed by atoms with Crippen LogP contribution in [0.25, 0.3) is 0 Å².